The minimum Gasteiger partial charge on any atom is -0.370 e. The van der Waals surface area contributed by atoms with Crippen LogP contribution >= 0.6 is 0 Å². The lowest BCUT2D eigenvalue weighted by atomic mass is 10.0. The van der Waals surface area contributed by atoms with Gasteiger partial charge in [0, 0.05) is 31.1 Å². The molecule has 2 aliphatic carbocycles. The molecule has 4 rings (SSSR count). The third-order valence-electron chi connectivity index (χ3n) is 7.88. The fourth-order valence-corrected chi connectivity index (χ4v) is 5.64. The number of rotatable bonds is 14. The molecule has 2 aliphatic rings. The molecule has 1 heterocycles. The quantitative estimate of drug-likeness (QED) is 0.286. The lowest BCUT2D eigenvalue weighted by Gasteiger charge is -2.23. The van der Waals surface area contributed by atoms with E-state index < -0.39 is 15.3 Å². The highest BCUT2D eigenvalue weighted by molar-refractivity contribution is 7.93. The van der Waals surface area contributed by atoms with Crippen molar-refractivity contribution in [2.45, 2.75) is 77.1 Å². The average molecular weight is 580 g/mol. The number of amides is 1. The van der Waals surface area contributed by atoms with Gasteiger partial charge in [-0.1, -0.05) is 49.1 Å². The van der Waals surface area contributed by atoms with E-state index >= 15 is 0 Å². The maximum absolute atomic E-state index is 13.7. The second-order valence-electron chi connectivity index (χ2n) is 11.9. The van der Waals surface area contributed by atoms with Crippen LogP contribution in [0.1, 0.15) is 69.3 Å². The van der Waals surface area contributed by atoms with Crippen molar-refractivity contribution in [3.05, 3.63) is 53.6 Å². The number of benzene rings is 1. The van der Waals surface area contributed by atoms with Crippen LogP contribution in [-0.4, -0.2) is 56.8 Å². The van der Waals surface area contributed by atoms with Gasteiger partial charge in [-0.25, -0.2) is 13.4 Å². The van der Waals surface area contributed by atoms with Gasteiger partial charge in [0.2, 0.25) is 10.0 Å². The molecule has 0 aliphatic heterocycles. The van der Waals surface area contributed by atoms with Crippen LogP contribution in [0, 0.1) is 29.6 Å². The number of aromatic nitrogens is 1. The van der Waals surface area contributed by atoms with E-state index in [1.807, 2.05) is 18.2 Å². The third kappa shape index (κ3) is 9.20. The molecular formula is C32H45N5O3S. The van der Waals surface area contributed by atoms with E-state index in [1.54, 1.807) is 26.0 Å². The first-order valence-electron chi connectivity index (χ1n) is 14.9. The zero-order valence-corrected chi connectivity index (χ0v) is 25.8. The molecule has 2 unspecified atom stereocenters. The summed E-state index contributed by atoms with van der Waals surface area (Å²) in [7, 11) is -2.13. The molecule has 2 fully saturated rings. The number of sulfonamides is 1. The minimum absolute atomic E-state index is 0.0905. The monoisotopic (exact) mass is 579 g/mol. The maximum atomic E-state index is 13.7. The fourth-order valence-electron chi connectivity index (χ4n) is 4.65. The summed E-state index contributed by atoms with van der Waals surface area (Å²) in [6.45, 7) is 9.00. The van der Waals surface area contributed by atoms with E-state index in [0.717, 1.165) is 24.9 Å². The molecule has 2 saturated carbocycles. The van der Waals surface area contributed by atoms with E-state index in [4.69, 9.17) is 0 Å². The lowest BCUT2D eigenvalue weighted by molar-refractivity contribution is 0.0934. The molecule has 222 valence electrons. The summed E-state index contributed by atoms with van der Waals surface area (Å²) in [5.41, 5.74) is 1.51. The van der Waals surface area contributed by atoms with Crippen molar-refractivity contribution in [1.29, 1.82) is 0 Å². The van der Waals surface area contributed by atoms with Crippen molar-refractivity contribution in [3.63, 3.8) is 0 Å². The normalized spacial score (nSPS) is 19.6. The van der Waals surface area contributed by atoms with Crippen molar-refractivity contribution < 1.29 is 13.2 Å². The minimum atomic E-state index is -3.62. The number of pyridine rings is 1. The molecule has 2 aromatic rings. The number of carbonyl (C=O) groups is 1. The van der Waals surface area contributed by atoms with Crippen LogP contribution in [0.3, 0.4) is 0 Å². The SMILES string of the molecule is CC(C#CC1CC1)NCC[C@H](Cc1ccccc1)NC(=O)c1cc(NCC2C[C@@H]2C)nc(N(C)S(=O)(=O)C(C)C)c1. The lowest BCUT2D eigenvalue weighted by Crippen LogP contribution is -2.40. The van der Waals surface area contributed by atoms with Gasteiger partial charge in [0.25, 0.3) is 5.91 Å². The average Bonchev–Trinajstić information content (AvgIpc) is 3.88. The van der Waals surface area contributed by atoms with Gasteiger partial charge < -0.3 is 16.0 Å². The van der Waals surface area contributed by atoms with Crippen LogP contribution in [0.25, 0.3) is 0 Å². The van der Waals surface area contributed by atoms with Crippen LogP contribution < -0.4 is 20.3 Å². The van der Waals surface area contributed by atoms with Crippen molar-refractivity contribution in [2.24, 2.45) is 17.8 Å². The summed E-state index contributed by atoms with van der Waals surface area (Å²) in [5, 5.41) is 9.41. The smallest absolute Gasteiger partial charge is 0.251 e. The van der Waals surface area contributed by atoms with E-state index in [2.05, 4.69) is 58.8 Å². The highest BCUT2D eigenvalue weighted by atomic mass is 32.2. The zero-order valence-electron chi connectivity index (χ0n) is 25.0. The van der Waals surface area contributed by atoms with Crippen LogP contribution in [0.15, 0.2) is 42.5 Å². The molecule has 0 spiro atoms. The molecule has 1 aromatic carbocycles. The van der Waals surface area contributed by atoms with Gasteiger partial charge in [0.05, 0.1) is 11.3 Å². The molecule has 1 amide bonds. The van der Waals surface area contributed by atoms with E-state index in [0.29, 0.717) is 42.1 Å². The largest absolute Gasteiger partial charge is 0.370 e. The summed E-state index contributed by atoms with van der Waals surface area (Å²) in [4.78, 5) is 18.2. The third-order valence-corrected chi connectivity index (χ3v) is 10.0. The van der Waals surface area contributed by atoms with Crippen LogP contribution in [0.2, 0.25) is 0 Å². The summed E-state index contributed by atoms with van der Waals surface area (Å²) in [6, 6.07) is 13.4. The van der Waals surface area contributed by atoms with Gasteiger partial charge in [-0.05, 0) is 89.0 Å². The van der Waals surface area contributed by atoms with Gasteiger partial charge >= 0.3 is 0 Å². The molecule has 41 heavy (non-hydrogen) atoms. The number of carbonyl (C=O) groups excluding carboxylic acids is 1. The Morgan fingerprint density at radius 2 is 1.85 bits per heavy atom. The highest BCUT2D eigenvalue weighted by Crippen LogP contribution is 2.37. The number of nitrogens with zero attached hydrogens (tertiary/aromatic N) is 2. The van der Waals surface area contributed by atoms with E-state index in [-0.39, 0.29) is 23.8 Å². The first kappa shape index (κ1) is 30.9. The number of anilines is 2. The Kier molecular flexibility index (Phi) is 10.3. The standard InChI is InChI=1S/C32H45N5O3S/c1-22(2)41(39,40)37(5)31-20-27(19-30(36-31)34-21-28-17-23(28)3)32(38)35-29(18-26-9-7-6-8-10-26)15-16-33-24(4)11-12-25-13-14-25/h6-10,19-20,22-25,28-29,33H,13-18,21H2,1-5H3,(H,34,36)(H,35,38)/t23-,24?,28?,29+/m0/s1. The first-order valence-corrected chi connectivity index (χ1v) is 16.4. The Bertz CT molecular complexity index is 1350. The predicted octanol–water partition coefficient (Wildman–Crippen LogP) is 4.45. The van der Waals surface area contributed by atoms with Crippen LogP contribution in [0.4, 0.5) is 11.6 Å². The second kappa shape index (κ2) is 13.7. The van der Waals surface area contributed by atoms with Gasteiger partial charge in [-0.15, -0.1) is 0 Å². The molecule has 0 radical (unpaired) electrons. The van der Waals surface area contributed by atoms with E-state index in [9.17, 15) is 13.2 Å². The molecule has 1 aromatic heterocycles. The highest BCUT2D eigenvalue weighted by Gasteiger charge is 2.32. The first-order chi connectivity index (χ1) is 19.5. The predicted molar refractivity (Wildman–Crippen MR) is 166 cm³/mol. The van der Waals surface area contributed by atoms with Crippen molar-refractivity contribution in [1.82, 2.24) is 15.6 Å². The molecular weight excluding hydrogens is 534 g/mol. The number of nitrogens with one attached hydrogen (secondary N) is 3. The van der Waals surface area contributed by atoms with Gasteiger partial charge in [-0.2, -0.15) is 0 Å². The molecule has 8 nitrogen and oxygen atoms in total. The maximum Gasteiger partial charge on any atom is 0.251 e. The molecule has 9 heteroatoms. The number of hydrogen-bond donors (Lipinski definition) is 3. The van der Waals surface area contributed by atoms with Crippen molar-refractivity contribution >= 4 is 27.6 Å². The Labute approximate surface area is 246 Å². The van der Waals surface area contributed by atoms with Gasteiger partial charge in [0.1, 0.15) is 11.6 Å². The van der Waals surface area contributed by atoms with E-state index in [1.165, 1.54) is 24.2 Å². The summed E-state index contributed by atoms with van der Waals surface area (Å²) >= 11 is 0. The number of hydrogen-bond acceptors (Lipinski definition) is 6. The summed E-state index contributed by atoms with van der Waals surface area (Å²) in [6.07, 6.45) is 4.97. The fraction of sp³-hybridized carbons (Fsp3) is 0.562. The van der Waals surface area contributed by atoms with Gasteiger partial charge in [-0.3, -0.25) is 9.10 Å². The molecule has 0 bridgehead atoms. The molecule has 4 atom stereocenters. The second-order valence-corrected chi connectivity index (χ2v) is 14.4. The Hall–Kier alpha value is -3.09. The van der Waals surface area contributed by atoms with Gasteiger partial charge in [0.15, 0.2) is 0 Å². The summed E-state index contributed by atoms with van der Waals surface area (Å²) in [5.74, 6) is 8.86. The zero-order chi connectivity index (χ0) is 29.6. The molecule has 0 saturated heterocycles. The van der Waals surface area contributed by atoms with Crippen LogP contribution in [0.5, 0.6) is 0 Å². The topological polar surface area (TPSA) is 103 Å². The van der Waals surface area contributed by atoms with Crippen LogP contribution in [-0.2, 0) is 16.4 Å². The molecule has 3 N–H and O–H groups in total. The van der Waals surface area contributed by atoms with Crippen molar-refractivity contribution in [2.75, 3.05) is 29.8 Å². The van der Waals surface area contributed by atoms with Crippen molar-refractivity contribution in [3.8, 4) is 11.8 Å². The summed E-state index contributed by atoms with van der Waals surface area (Å²) < 4.78 is 27.0. The Morgan fingerprint density at radius 1 is 1.15 bits per heavy atom. The Morgan fingerprint density at radius 3 is 2.49 bits per heavy atom. The Balaban J connectivity index is 1.51.